The van der Waals surface area contributed by atoms with Gasteiger partial charge in [0.25, 0.3) is 5.24 Å². The van der Waals surface area contributed by atoms with Crippen LogP contribution in [0.2, 0.25) is 0 Å². The number of nitrogens with zero attached hydrogens (tertiary/aromatic N) is 3. The monoisotopic (exact) mass is 274 g/mol. The highest BCUT2D eigenvalue weighted by molar-refractivity contribution is 8.15. The molecule has 0 spiro atoms. The van der Waals surface area contributed by atoms with E-state index in [-0.39, 0.29) is 16.4 Å². The Balaban J connectivity index is 1.73. The maximum Gasteiger partial charge on any atom is 0.286 e. The minimum Gasteiger partial charge on any atom is -0.286 e. The van der Waals surface area contributed by atoms with Crippen molar-refractivity contribution >= 4 is 22.9 Å². The Labute approximate surface area is 113 Å². The molecule has 1 fully saturated rings. The fourth-order valence-corrected chi connectivity index (χ4v) is 2.73. The van der Waals surface area contributed by atoms with Gasteiger partial charge in [-0.15, -0.1) is 0 Å². The molecule has 1 aromatic heterocycles. The molecule has 1 aromatic carbocycles. The van der Waals surface area contributed by atoms with Crippen molar-refractivity contribution in [2.45, 2.75) is 11.7 Å². The predicted octanol–water partition coefficient (Wildman–Crippen LogP) is 1.16. The molecule has 3 rings (SSSR count). The molecule has 1 saturated heterocycles. The van der Waals surface area contributed by atoms with Crippen molar-refractivity contribution in [3.63, 3.8) is 0 Å². The van der Waals surface area contributed by atoms with Crippen LogP contribution in [0.15, 0.2) is 36.9 Å². The number of nitrogens with one attached hydrogen (secondary N) is 1. The zero-order valence-corrected chi connectivity index (χ0v) is 10.6. The van der Waals surface area contributed by atoms with E-state index in [2.05, 4.69) is 15.4 Å². The number of thioether (sulfide) groups is 1. The lowest BCUT2D eigenvalue weighted by atomic mass is 10.1. The third kappa shape index (κ3) is 2.50. The van der Waals surface area contributed by atoms with Gasteiger partial charge in [0.1, 0.15) is 12.7 Å². The van der Waals surface area contributed by atoms with Gasteiger partial charge in [-0.3, -0.25) is 14.9 Å². The number of amides is 2. The highest BCUT2D eigenvalue weighted by Gasteiger charge is 2.31. The summed E-state index contributed by atoms with van der Waals surface area (Å²) in [4.78, 5) is 26.4. The second-order valence-corrected chi connectivity index (χ2v) is 5.27. The summed E-state index contributed by atoms with van der Waals surface area (Å²) in [5, 5.41) is 5.72. The Kier molecular flexibility index (Phi) is 3.04. The molecule has 2 aromatic rings. The highest BCUT2D eigenvalue weighted by atomic mass is 32.2. The van der Waals surface area contributed by atoms with Crippen LogP contribution in [0.1, 0.15) is 5.56 Å². The van der Waals surface area contributed by atoms with Crippen LogP contribution < -0.4 is 5.32 Å². The Hall–Kier alpha value is -2.15. The summed E-state index contributed by atoms with van der Waals surface area (Å²) >= 11 is 1.04. The average Bonchev–Trinajstić information content (AvgIpc) is 3.01. The molecule has 0 aliphatic carbocycles. The molecule has 7 heteroatoms. The molecule has 1 N–H and O–H groups in total. The summed E-state index contributed by atoms with van der Waals surface area (Å²) in [5.74, 6) is -0.213. The first-order chi connectivity index (χ1) is 9.22. The maximum atomic E-state index is 11.5. The Morgan fingerprint density at radius 1 is 1.26 bits per heavy atom. The van der Waals surface area contributed by atoms with Crippen molar-refractivity contribution in [2.24, 2.45) is 0 Å². The van der Waals surface area contributed by atoms with Crippen molar-refractivity contribution in [1.29, 1.82) is 0 Å². The number of rotatable bonds is 3. The van der Waals surface area contributed by atoms with Gasteiger partial charge in [-0.05, 0) is 24.1 Å². The number of benzene rings is 1. The Morgan fingerprint density at radius 3 is 2.63 bits per heavy atom. The first-order valence-corrected chi connectivity index (χ1v) is 6.56. The van der Waals surface area contributed by atoms with Crippen LogP contribution in [0.5, 0.6) is 0 Å². The second-order valence-electron chi connectivity index (χ2n) is 4.09. The van der Waals surface area contributed by atoms with Gasteiger partial charge < -0.3 is 0 Å². The number of hydrogen-bond donors (Lipinski definition) is 1. The van der Waals surface area contributed by atoms with E-state index in [1.807, 2.05) is 24.3 Å². The fraction of sp³-hybridized carbons (Fsp3) is 0.167. The molecule has 0 saturated carbocycles. The van der Waals surface area contributed by atoms with E-state index in [1.165, 1.54) is 6.33 Å². The topological polar surface area (TPSA) is 76.9 Å². The summed E-state index contributed by atoms with van der Waals surface area (Å²) in [6, 6.07) is 7.66. The SMILES string of the molecule is O=C1NC(=O)C(Cc2ccc(-n3cncn3)cc2)S1. The van der Waals surface area contributed by atoms with E-state index >= 15 is 0 Å². The van der Waals surface area contributed by atoms with Crippen molar-refractivity contribution < 1.29 is 9.59 Å². The van der Waals surface area contributed by atoms with Crippen LogP contribution in [0, 0.1) is 0 Å². The summed E-state index contributed by atoms with van der Waals surface area (Å²) in [6.45, 7) is 0. The van der Waals surface area contributed by atoms with Gasteiger partial charge in [-0.2, -0.15) is 5.10 Å². The Bertz CT molecular complexity index is 609. The van der Waals surface area contributed by atoms with Gasteiger partial charge in [0.05, 0.1) is 10.9 Å². The van der Waals surface area contributed by atoms with Crippen molar-refractivity contribution in [3.8, 4) is 5.69 Å². The molecule has 1 aliphatic heterocycles. The summed E-state index contributed by atoms with van der Waals surface area (Å²) in [6.07, 6.45) is 3.63. The highest BCUT2D eigenvalue weighted by Crippen LogP contribution is 2.23. The smallest absolute Gasteiger partial charge is 0.286 e. The van der Waals surface area contributed by atoms with E-state index < -0.39 is 0 Å². The van der Waals surface area contributed by atoms with Gasteiger partial charge in [0.2, 0.25) is 5.91 Å². The minimum absolute atomic E-state index is 0.213. The van der Waals surface area contributed by atoms with Crippen LogP contribution >= 0.6 is 11.8 Å². The first kappa shape index (κ1) is 11.9. The van der Waals surface area contributed by atoms with E-state index in [1.54, 1.807) is 11.0 Å². The van der Waals surface area contributed by atoms with Crippen molar-refractivity contribution in [1.82, 2.24) is 20.1 Å². The Morgan fingerprint density at radius 2 is 2.05 bits per heavy atom. The molecular formula is C12H10N4O2S. The third-order valence-corrected chi connectivity index (χ3v) is 3.79. The summed E-state index contributed by atoms with van der Waals surface area (Å²) in [7, 11) is 0. The number of aromatic nitrogens is 3. The standard InChI is InChI=1S/C12H10N4O2S/c17-11-10(19-12(18)15-11)5-8-1-3-9(4-2-8)16-7-13-6-14-16/h1-4,6-7,10H,5H2,(H,15,17,18). The number of carbonyl (C=O) groups is 2. The molecule has 96 valence electrons. The molecule has 1 unspecified atom stereocenters. The van der Waals surface area contributed by atoms with Crippen molar-refractivity contribution in [3.05, 3.63) is 42.5 Å². The molecule has 19 heavy (non-hydrogen) atoms. The lowest BCUT2D eigenvalue weighted by Gasteiger charge is -2.06. The number of hydrogen-bond acceptors (Lipinski definition) is 5. The van der Waals surface area contributed by atoms with E-state index in [0.717, 1.165) is 23.0 Å². The fourth-order valence-electron chi connectivity index (χ4n) is 1.87. The normalized spacial score (nSPS) is 18.6. The predicted molar refractivity (Wildman–Crippen MR) is 70.0 cm³/mol. The van der Waals surface area contributed by atoms with Crippen LogP contribution in [-0.2, 0) is 11.2 Å². The molecule has 2 amide bonds. The molecule has 1 atom stereocenters. The maximum absolute atomic E-state index is 11.5. The molecule has 6 nitrogen and oxygen atoms in total. The first-order valence-electron chi connectivity index (χ1n) is 5.68. The van der Waals surface area contributed by atoms with Gasteiger partial charge in [-0.1, -0.05) is 23.9 Å². The van der Waals surface area contributed by atoms with E-state index in [9.17, 15) is 9.59 Å². The largest absolute Gasteiger partial charge is 0.286 e. The van der Waals surface area contributed by atoms with Crippen LogP contribution in [0.25, 0.3) is 5.69 Å². The van der Waals surface area contributed by atoms with Gasteiger partial charge in [-0.25, -0.2) is 9.67 Å². The third-order valence-electron chi connectivity index (χ3n) is 2.81. The minimum atomic E-state index is -0.329. The van der Waals surface area contributed by atoms with Crippen LogP contribution in [0.4, 0.5) is 4.79 Å². The van der Waals surface area contributed by atoms with Crippen molar-refractivity contribution in [2.75, 3.05) is 0 Å². The molecular weight excluding hydrogens is 264 g/mol. The second kappa shape index (κ2) is 4.85. The zero-order valence-electron chi connectivity index (χ0n) is 9.81. The van der Waals surface area contributed by atoms with Gasteiger partial charge in [0.15, 0.2) is 0 Å². The van der Waals surface area contributed by atoms with Gasteiger partial charge >= 0.3 is 0 Å². The van der Waals surface area contributed by atoms with Gasteiger partial charge in [0, 0.05) is 0 Å². The molecule has 2 heterocycles. The molecule has 1 aliphatic rings. The zero-order chi connectivity index (χ0) is 13.2. The molecule has 0 radical (unpaired) electrons. The van der Waals surface area contributed by atoms with Crippen LogP contribution in [-0.4, -0.2) is 31.2 Å². The summed E-state index contributed by atoms with van der Waals surface area (Å²) < 4.78 is 1.66. The van der Waals surface area contributed by atoms with E-state index in [4.69, 9.17) is 0 Å². The lowest BCUT2D eigenvalue weighted by molar-refractivity contribution is -0.118. The average molecular weight is 274 g/mol. The summed E-state index contributed by atoms with van der Waals surface area (Å²) in [5.41, 5.74) is 1.91. The lowest BCUT2D eigenvalue weighted by Crippen LogP contribution is -2.25. The van der Waals surface area contributed by atoms with E-state index in [0.29, 0.717) is 6.42 Å². The number of carbonyl (C=O) groups excluding carboxylic acids is 2. The molecule has 0 bridgehead atoms. The van der Waals surface area contributed by atoms with Crippen LogP contribution in [0.3, 0.4) is 0 Å². The number of imide groups is 1. The quantitative estimate of drug-likeness (QED) is 0.909.